The van der Waals surface area contributed by atoms with Gasteiger partial charge in [-0.15, -0.1) is 10.2 Å². The molecular weight excluding hydrogens is 241 g/mol. The average molecular weight is 253 g/mol. The molecule has 0 radical (unpaired) electrons. The van der Waals surface area contributed by atoms with E-state index in [9.17, 15) is 4.39 Å². The summed E-state index contributed by atoms with van der Waals surface area (Å²) in [4.78, 5) is 0. The van der Waals surface area contributed by atoms with Crippen molar-refractivity contribution >= 4 is 11.3 Å². The number of nitrogens with zero attached hydrogens (tertiary/aromatic N) is 2. The lowest BCUT2D eigenvalue weighted by atomic mass is 10.2. The second-order valence-corrected chi connectivity index (χ2v) is 4.41. The number of aromatic nitrogens is 2. The van der Waals surface area contributed by atoms with Crippen molar-refractivity contribution in [2.24, 2.45) is 0 Å². The molecule has 1 aromatic heterocycles. The van der Waals surface area contributed by atoms with E-state index >= 15 is 0 Å². The van der Waals surface area contributed by atoms with Crippen molar-refractivity contribution in [3.05, 3.63) is 29.0 Å². The van der Waals surface area contributed by atoms with Gasteiger partial charge in [0.2, 0.25) is 0 Å². The topological polar surface area (TPSA) is 47.0 Å². The Morgan fingerprint density at radius 1 is 1.41 bits per heavy atom. The van der Waals surface area contributed by atoms with Gasteiger partial charge >= 0.3 is 0 Å². The van der Waals surface area contributed by atoms with E-state index in [4.69, 9.17) is 4.74 Å². The summed E-state index contributed by atoms with van der Waals surface area (Å²) in [6, 6.07) is 4.70. The van der Waals surface area contributed by atoms with E-state index in [1.165, 1.54) is 24.5 Å². The predicted molar refractivity (Wildman–Crippen MR) is 64.6 cm³/mol. The lowest BCUT2D eigenvalue weighted by molar-refractivity contribution is 0.413. The molecule has 0 fully saturated rings. The highest BCUT2D eigenvalue weighted by atomic mass is 32.1. The minimum Gasteiger partial charge on any atom is -0.496 e. The van der Waals surface area contributed by atoms with Crippen LogP contribution in [0.1, 0.15) is 5.01 Å². The first-order valence-corrected chi connectivity index (χ1v) is 5.87. The molecule has 0 amide bonds. The maximum absolute atomic E-state index is 13.8. The molecule has 0 aliphatic heterocycles. The first-order chi connectivity index (χ1) is 8.26. The molecule has 6 heteroatoms. The van der Waals surface area contributed by atoms with E-state index < -0.39 is 0 Å². The molecule has 0 bridgehead atoms. The lowest BCUT2D eigenvalue weighted by Crippen LogP contribution is -2.04. The monoisotopic (exact) mass is 253 g/mol. The van der Waals surface area contributed by atoms with Gasteiger partial charge in [-0.1, -0.05) is 17.4 Å². The van der Waals surface area contributed by atoms with Crippen molar-refractivity contribution in [1.82, 2.24) is 15.5 Å². The second-order valence-electron chi connectivity index (χ2n) is 3.35. The number of methoxy groups -OCH3 is 1. The van der Waals surface area contributed by atoms with Gasteiger partial charge in [-0.25, -0.2) is 4.39 Å². The van der Waals surface area contributed by atoms with Crippen LogP contribution in [0.15, 0.2) is 18.2 Å². The molecule has 90 valence electrons. The van der Waals surface area contributed by atoms with E-state index in [2.05, 4.69) is 15.5 Å². The smallest absolute Gasteiger partial charge is 0.154 e. The summed E-state index contributed by atoms with van der Waals surface area (Å²) in [6.45, 7) is 0.619. The molecule has 0 unspecified atom stereocenters. The zero-order chi connectivity index (χ0) is 12.3. The largest absolute Gasteiger partial charge is 0.496 e. The Bertz CT molecular complexity index is 515. The summed E-state index contributed by atoms with van der Waals surface area (Å²) in [6.07, 6.45) is 0. The summed E-state index contributed by atoms with van der Waals surface area (Å²) in [5.74, 6) is 0.119. The number of ether oxygens (including phenoxy) is 1. The normalized spacial score (nSPS) is 10.5. The van der Waals surface area contributed by atoms with Crippen molar-refractivity contribution < 1.29 is 9.13 Å². The predicted octanol–water partition coefficient (Wildman–Crippen LogP) is 2.07. The van der Waals surface area contributed by atoms with E-state index in [-0.39, 0.29) is 5.82 Å². The van der Waals surface area contributed by atoms with Crippen LogP contribution >= 0.6 is 11.3 Å². The fourth-order valence-corrected chi connectivity index (χ4v) is 2.36. The van der Waals surface area contributed by atoms with E-state index in [1.807, 2.05) is 7.05 Å². The third-order valence-corrected chi connectivity index (χ3v) is 3.14. The van der Waals surface area contributed by atoms with Crippen LogP contribution in [0.5, 0.6) is 5.75 Å². The van der Waals surface area contributed by atoms with Crippen LogP contribution in [0.3, 0.4) is 0 Å². The van der Waals surface area contributed by atoms with Crippen LogP contribution in [-0.2, 0) is 6.54 Å². The van der Waals surface area contributed by atoms with Gasteiger partial charge in [0, 0.05) is 6.54 Å². The van der Waals surface area contributed by atoms with Gasteiger partial charge in [0.15, 0.2) is 5.01 Å². The number of benzene rings is 1. The highest BCUT2D eigenvalue weighted by molar-refractivity contribution is 7.14. The minimum absolute atomic E-state index is 0.350. The number of rotatable bonds is 4. The third-order valence-electron chi connectivity index (χ3n) is 2.20. The van der Waals surface area contributed by atoms with Crippen molar-refractivity contribution in [2.75, 3.05) is 14.2 Å². The van der Waals surface area contributed by atoms with E-state index in [0.29, 0.717) is 22.9 Å². The molecule has 0 saturated carbocycles. The fourth-order valence-electron chi connectivity index (χ4n) is 1.46. The number of hydrogen-bond acceptors (Lipinski definition) is 5. The highest BCUT2D eigenvalue weighted by Crippen LogP contribution is 2.34. The molecule has 1 aromatic carbocycles. The van der Waals surface area contributed by atoms with Gasteiger partial charge < -0.3 is 10.1 Å². The molecule has 2 rings (SSSR count). The minimum atomic E-state index is -0.350. The Morgan fingerprint density at radius 3 is 2.94 bits per heavy atom. The number of hydrogen-bond donors (Lipinski definition) is 1. The molecule has 0 spiro atoms. The van der Waals surface area contributed by atoms with Crippen molar-refractivity contribution in [1.29, 1.82) is 0 Å². The van der Waals surface area contributed by atoms with E-state index in [0.717, 1.165) is 5.01 Å². The number of halogens is 1. The third kappa shape index (κ3) is 2.42. The maximum Gasteiger partial charge on any atom is 0.154 e. The summed E-state index contributed by atoms with van der Waals surface area (Å²) < 4.78 is 18.9. The van der Waals surface area contributed by atoms with Crippen LogP contribution in [0.2, 0.25) is 0 Å². The molecule has 1 N–H and O–H groups in total. The van der Waals surface area contributed by atoms with Gasteiger partial charge in [-0.3, -0.25) is 0 Å². The van der Waals surface area contributed by atoms with Crippen LogP contribution in [0.25, 0.3) is 10.6 Å². The van der Waals surface area contributed by atoms with Crippen LogP contribution in [0, 0.1) is 5.82 Å². The highest BCUT2D eigenvalue weighted by Gasteiger charge is 2.15. The Hall–Kier alpha value is -1.53. The standard InChI is InChI=1S/C11H12FN3OS/c1-13-6-9-14-15-11(17-9)10-7(12)4-3-5-8(10)16-2/h3-5,13H,6H2,1-2H3. The molecule has 0 aliphatic carbocycles. The summed E-state index contributed by atoms with van der Waals surface area (Å²) in [7, 11) is 3.33. The SMILES string of the molecule is CNCc1nnc(-c2c(F)cccc2OC)s1. The maximum atomic E-state index is 13.8. The van der Waals surface area contributed by atoms with Gasteiger partial charge in [0.25, 0.3) is 0 Å². The molecule has 4 nitrogen and oxygen atoms in total. The average Bonchev–Trinajstić information content (AvgIpc) is 2.77. The van der Waals surface area contributed by atoms with Crippen LogP contribution < -0.4 is 10.1 Å². The van der Waals surface area contributed by atoms with Crippen LogP contribution in [0.4, 0.5) is 4.39 Å². The Labute approximate surface area is 102 Å². The fraction of sp³-hybridized carbons (Fsp3) is 0.273. The Balaban J connectivity index is 2.44. The van der Waals surface area contributed by atoms with Crippen molar-refractivity contribution in [3.8, 4) is 16.3 Å². The van der Waals surface area contributed by atoms with Gasteiger partial charge in [0.05, 0.1) is 12.7 Å². The molecule has 1 heterocycles. The van der Waals surface area contributed by atoms with Gasteiger partial charge in [0.1, 0.15) is 16.6 Å². The first-order valence-electron chi connectivity index (χ1n) is 5.06. The molecule has 0 atom stereocenters. The van der Waals surface area contributed by atoms with Crippen LogP contribution in [-0.4, -0.2) is 24.4 Å². The molecule has 17 heavy (non-hydrogen) atoms. The van der Waals surface area contributed by atoms with Gasteiger partial charge in [-0.2, -0.15) is 0 Å². The molecular formula is C11H12FN3OS. The Kier molecular flexibility index (Phi) is 3.65. The quantitative estimate of drug-likeness (QED) is 0.906. The summed E-state index contributed by atoms with van der Waals surface area (Å²) in [5.41, 5.74) is 0.370. The lowest BCUT2D eigenvalue weighted by Gasteiger charge is -2.05. The molecule has 0 saturated heterocycles. The zero-order valence-electron chi connectivity index (χ0n) is 9.53. The van der Waals surface area contributed by atoms with E-state index in [1.54, 1.807) is 12.1 Å². The zero-order valence-corrected chi connectivity index (χ0v) is 10.3. The van der Waals surface area contributed by atoms with Crippen molar-refractivity contribution in [3.63, 3.8) is 0 Å². The Morgan fingerprint density at radius 2 is 2.24 bits per heavy atom. The van der Waals surface area contributed by atoms with Gasteiger partial charge in [-0.05, 0) is 19.2 Å². The van der Waals surface area contributed by atoms with Crippen molar-refractivity contribution in [2.45, 2.75) is 6.54 Å². The first kappa shape index (κ1) is 11.9. The number of nitrogens with one attached hydrogen (secondary N) is 1. The molecule has 2 aromatic rings. The summed E-state index contributed by atoms with van der Waals surface area (Å²) >= 11 is 1.35. The molecule has 0 aliphatic rings. The second kappa shape index (κ2) is 5.20. The summed E-state index contributed by atoms with van der Waals surface area (Å²) in [5, 5.41) is 12.3.